The second kappa shape index (κ2) is 9.27. The van der Waals surface area contributed by atoms with Crippen LogP contribution in [0.4, 0.5) is 0 Å². The van der Waals surface area contributed by atoms with E-state index in [-0.39, 0.29) is 11.8 Å². The molecule has 0 bridgehead atoms. The number of hydrogen-bond donors (Lipinski definition) is 1. The first-order valence-electron chi connectivity index (χ1n) is 11.3. The van der Waals surface area contributed by atoms with E-state index in [1.165, 1.54) is 0 Å². The molecule has 0 radical (unpaired) electrons. The van der Waals surface area contributed by atoms with Gasteiger partial charge in [0.05, 0.1) is 16.8 Å². The Labute approximate surface area is 203 Å². The number of halogens is 1. The zero-order chi connectivity index (χ0) is 23.7. The van der Waals surface area contributed by atoms with Crippen molar-refractivity contribution in [2.75, 3.05) is 7.05 Å². The summed E-state index contributed by atoms with van der Waals surface area (Å²) in [6.07, 6.45) is 2.11. The highest BCUT2D eigenvalue weighted by atomic mass is 35.5. The van der Waals surface area contributed by atoms with Crippen LogP contribution in [0.2, 0.25) is 5.02 Å². The molecule has 1 saturated carbocycles. The molecular formula is C28H24ClN3O2. The van der Waals surface area contributed by atoms with Crippen molar-refractivity contribution in [3.8, 4) is 11.3 Å². The number of rotatable bonds is 6. The summed E-state index contributed by atoms with van der Waals surface area (Å²) >= 11 is 6.04. The van der Waals surface area contributed by atoms with Crippen LogP contribution in [0.25, 0.3) is 22.2 Å². The van der Waals surface area contributed by atoms with Crippen molar-refractivity contribution >= 4 is 34.3 Å². The van der Waals surface area contributed by atoms with Crippen molar-refractivity contribution in [2.24, 2.45) is 0 Å². The first-order chi connectivity index (χ1) is 16.5. The molecule has 0 spiro atoms. The number of carbonyl (C=O) groups excluding carboxylic acids is 2. The number of pyridine rings is 1. The maximum Gasteiger partial charge on any atom is 0.254 e. The van der Waals surface area contributed by atoms with E-state index in [1.807, 2.05) is 78.9 Å². The zero-order valence-corrected chi connectivity index (χ0v) is 19.5. The van der Waals surface area contributed by atoms with Crippen LogP contribution in [-0.2, 0) is 6.54 Å². The normalized spacial score (nSPS) is 13.0. The summed E-state index contributed by atoms with van der Waals surface area (Å²) in [7, 11) is 1.78. The third kappa shape index (κ3) is 4.80. The highest BCUT2D eigenvalue weighted by Crippen LogP contribution is 2.27. The molecule has 34 heavy (non-hydrogen) atoms. The molecule has 4 aromatic rings. The summed E-state index contributed by atoms with van der Waals surface area (Å²) in [6.45, 7) is 0.427. The summed E-state index contributed by atoms with van der Waals surface area (Å²) in [5.74, 6) is -0.138. The lowest BCUT2D eigenvalue weighted by Gasteiger charge is -2.19. The van der Waals surface area contributed by atoms with Crippen molar-refractivity contribution in [2.45, 2.75) is 25.4 Å². The van der Waals surface area contributed by atoms with Gasteiger partial charge in [0, 0.05) is 41.2 Å². The molecule has 1 aliphatic carbocycles. The zero-order valence-electron chi connectivity index (χ0n) is 18.8. The molecule has 0 atom stereocenters. The fourth-order valence-electron chi connectivity index (χ4n) is 3.93. The number of carbonyl (C=O) groups is 2. The highest BCUT2D eigenvalue weighted by Gasteiger charge is 2.24. The summed E-state index contributed by atoms with van der Waals surface area (Å²) < 4.78 is 0. The Hall–Kier alpha value is -3.70. The number of amides is 2. The third-order valence-corrected chi connectivity index (χ3v) is 6.23. The van der Waals surface area contributed by atoms with Gasteiger partial charge >= 0.3 is 0 Å². The number of hydrogen-bond acceptors (Lipinski definition) is 3. The molecule has 2 amide bonds. The van der Waals surface area contributed by atoms with Crippen molar-refractivity contribution in [3.63, 3.8) is 0 Å². The molecule has 0 unspecified atom stereocenters. The van der Waals surface area contributed by atoms with E-state index in [0.717, 1.165) is 40.6 Å². The standard InChI is InChI=1S/C28H24ClN3O2/c1-32(17-18-6-8-20(9-7-18)27(33)30-22-14-15-22)28(34)24-16-26(19-10-12-21(29)13-11-19)31-25-5-3-2-4-23(24)25/h2-13,16,22H,14-15,17H2,1H3,(H,30,33). The number of fused-ring (bicyclic) bond motifs is 1. The summed E-state index contributed by atoms with van der Waals surface area (Å²) in [5, 5.41) is 4.45. The van der Waals surface area contributed by atoms with E-state index in [1.54, 1.807) is 11.9 Å². The quantitative estimate of drug-likeness (QED) is 0.393. The van der Waals surface area contributed by atoms with Gasteiger partial charge in [-0.1, -0.05) is 54.1 Å². The third-order valence-electron chi connectivity index (χ3n) is 5.98. The molecule has 5 nitrogen and oxygen atoms in total. The topological polar surface area (TPSA) is 62.3 Å². The van der Waals surface area contributed by atoms with Gasteiger partial charge in [-0.05, 0) is 54.8 Å². The predicted molar refractivity (Wildman–Crippen MR) is 135 cm³/mol. The molecule has 1 N–H and O–H groups in total. The lowest BCUT2D eigenvalue weighted by molar-refractivity contribution is 0.0786. The van der Waals surface area contributed by atoms with Crippen LogP contribution in [0, 0.1) is 0 Å². The molecule has 3 aromatic carbocycles. The van der Waals surface area contributed by atoms with Gasteiger partial charge in [-0.15, -0.1) is 0 Å². The second-order valence-electron chi connectivity index (χ2n) is 8.68. The molecule has 1 aliphatic rings. The Morgan fingerprint density at radius 1 is 1.00 bits per heavy atom. The van der Waals surface area contributed by atoms with Gasteiger partial charge in [0.2, 0.25) is 0 Å². The lowest BCUT2D eigenvalue weighted by atomic mass is 10.0. The lowest BCUT2D eigenvalue weighted by Crippen LogP contribution is -2.27. The van der Waals surface area contributed by atoms with Crippen LogP contribution >= 0.6 is 11.6 Å². The van der Waals surface area contributed by atoms with Gasteiger partial charge in [-0.3, -0.25) is 9.59 Å². The molecule has 6 heteroatoms. The Kier molecular flexibility index (Phi) is 6.03. The SMILES string of the molecule is CN(Cc1ccc(C(=O)NC2CC2)cc1)C(=O)c1cc(-c2ccc(Cl)cc2)nc2ccccc12. The molecule has 1 fully saturated rings. The largest absolute Gasteiger partial charge is 0.349 e. The van der Waals surface area contributed by atoms with E-state index in [2.05, 4.69) is 5.32 Å². The highest BCUT2D eigenvalue weighted by molar-refractivity contribution is 6.30. The molecule has 1 heterocycles. The summed E-state index contributed by atoms with van der Waals surface area (Å²) in [4.78, 5) is 32.2. The van der Waals surface area contributed by atoms with Gasteiger partial charge in [-0.25, -0.2) is 4.98 Å². The smallest absolute Gasteiger partial charge is 0.254 e. The maximum absolute atomic E-state index is 13.5. The minimum Gasteiger partial charge on any atom is -0.349 e. The van der Waals surface area contributed by atoms with Gasteiger partial charge in [0.15, 0.2) is 0 Å². The monoisotopic (exact) mass is 469 g/mol. The van der Waals surface area contributed by atoms with Crippen LogP contribution < -0.4 is 5.32 Å². The molecule has 170 valence electrons. The Morgan fingerprint density at radius 3 is 2.41 bits per heavy atom. The minimum atomic E-state index is -0.0932. The first-order valence-corrected chi connectivity index (χ1v) is 11.7. The van der Waals surface area contributed by atoms with E-state index >= 15 is 0 Å². The van der Waals surface area contributed by atoms with E-state index in [9.17, 15) is 9.59 Å². The van der Waals surface area contributed by atoms with E-state index in [0.29, 0.717) is 28.7 Å². The Bertz CT molecular complexity index is 1360. The molecule has 5 rings (SSSR count). The first kappa shape index (κ1) is 22.1. The molecule has 1 aromatic heterocycles. The Morgan fingerprint density at radius 2 is 1.71 bits per heavy atom. The minimum absolute atomic E-state index is 0.0449. The molecule has 0 saturated heterocycles. The average Bonchev–Trinajstić information content (AvgIpc) is 3.67. The van der Waals surface area contributed by atoms with Crippen LogP contribution in [0.3, 0.4) is 0 Å². The second-order valence-corrected chi connectivity index (χ2v) is 9.12. The summed E-state index contributed by atoms with van der Waals surface area (Å²) in [6, 6.07) is 24.7. The van der Waals surface area contributed by atoms with Gasteiger partial charge in [0.1, 0.15) is 0 Å². The van der Waals surface area contributed by atoms with E-state index in [4.69, 9.17) is 16.6 Å². The summed E-state index contributed by atoms with van der Waals surface area (Å²) in [5.41, 5.74) is 4.56. The van der Waals surface area contributed by atoms with Crippen molar-refractivity contribution in [3.05, 3.63) is 101 Å². The molecule has 0 aliphatic heterocycles. The number of benzene rings is 3. The van der Waals surface area contributed by atoms with Crippen LogP contribution in [-0.4, -0.2) is 34.8 Å². The van der Waals surface area contributed by atoms with Crippen molar-refractivity contribution in [1.82, 2.24) is 15.2 Å². The van der Waals surface area contributed by atoms with Crippen LogP contribution in [0.15, 0.2) is 78.9 Å². The predicted octanol–water partition coefficient (Wildman–Crippen LogP) is 5.72. The van der Waals surface area contributed by atoms with Gasteiger partial charge in [0.25, 0.3) is 11.8 Å². The molecular weight excluding hydrogens is 446 g/mol. The van der Waals surface area contributed by atoms with Crippen molar-refractivity contribution in [1.29, 1.82) is 0 Å². The number of nitrogens with zero attached hydrogens (tertiary/aromatic N) is 2. The number of nitrogens with one attached hydrogen (secondary N) is 1. The fraction of sp³-hybridized carbons (Fsp3) is 0.179. The maximum atomic E-state index is 13.5. The number of aromatic nitrogens is 1. The van der Waals surface area contributed by atoms with Gasteiger partial charge < -0.3 is 10.2 Å². The Balaban J connectivity index is 1.39. The number of para-hydroxylation sites is 1. The van der Waals surface area contributed by atoms with Gasteiger partial charge in [-0.2, -0.15) is 0 Å². The average molecular weight is 470 g/mol. The van der Waals surface area contributed by atoms with E-state index < -0.39 is 0 Å². The van der Waals surface area contributed by atoms with Crippen molar-refractivity contribution < 1.29 is 9.59 Å². The fourth-order valence-corrected chi connectivity index (χ4v) is 4.06. The van der Waals surface area contributed by atoms with Crippen LogP contribution in [0.1, 0.15) is 39.1 Å². The van der Waals surface area contributed by atoms with Crippen LogP contribution in [0.5, 0.6) is 0 Å².